The van der Waals surface area contributed by atoms with E-state index < -0.39 is 5.97 Å². The lowest BCUT2D eigenvalue weighted by molar-refractivity contribution is -0.130. The van der Waals surface area contributed by atoms with Gasteiger partial charge in [-0.2, -0.15) is 0 Å². The molecule has 0 aliphatic carbocycles. The molecule has 4 nitrogen and oxygen atoms in total. The van der Waals surface area contributed by atoms with Gasteiger partial charge in [-0.15, -0.1) is 11.8 Å². The summed E-state index contributed by atoms with van der Waals surface area (Å²) >= 11 is 1.40. The molecule has 1 aliphatic rings. The number of thioether (sulfide) groups is 1. The molecule has 5 heteroatoms. The lowest BCUT2D eigenvalue weighted by Gasteiger charge is -2.35. The number of nitrogens with zero attached hydrogens (tertiary/aromatic N) is 1. The molecule has 2 unspecified atom stereocenters. The number of hydrogen-bond acceptors (Lipinski definition) is 3. The van der Waals surface area contributed by atoms with Crippen LogP contribution in [0.5, 0.6) is 0 Å². The fraction of sp³-hybridized carbons (Fsp3) is 0.500. The SMILES string of the molecule is CC1CC(C)CN(C(=O)CSc2cccc(C(=O)O)c2)C1. The molecule has 1 amide bonds. The number of amides is 1. The van der Waals surface area contributed by atoms with Crippen molar-refractivity contribution in [2.45, 2.75) is 25.2 Å². The van der Waals surface area contributed by atoms with Gasteiger partial charge in [-0.3, -0.25) is 4.79 Å². The van der Waals surface area contributed by atoms with E-state index >= 15 is 0 Å². The topological polar surface area (TPSA) is 57.6 Å². The zero-order valence-corrected chi connectivity index (χ0v) is 13.2. The van der Waals surface area contributed by atoms with Gasteiger partial charge >= 0.3 is 5.97 Å². The van der Waals surface area contributed by atoms with Gasteiger partial charge in [-0.1, -0.05) is 19.9 Å². The van der Waals surface area contributed by atoms with Crippen LogP contribution in [0.4, 0.5) is 0 Å². The maximum absolute atomic E-state index is 12.3. The minimum atomic E-state index is -0.942. The van der Waals surface area contributed by atoms with Gasteiger partial charge < -0.3 is 10.0 Å². The number of carbonyl (C=O) groups is 2. The van der Waals surface area contributed by atoms with Gasteiger partial charge in [0.15, 0.2) is 0 Å². The average Bonchev–Trinajstić information content (AvgIpc) is 2.44. The zero-order chi connectivity index (χ0) is 15.4. The minimum Gasteiger partial charge on any atom is -0.478 e. The van der Waals surface area contributed by atoms with E-state index in [4.69, 9.17) is 5.11 Å². The Morgan fingerprint density at radius 3 is 2.57 bits per heavy atom. The van der Waals surface area contributed by atoms with E-state index in [1.165, 1.54) is 18.2 Å². The summed E-state index contributed by atoms with van der Waals surface area (Å²) in [5.41, 5.74) is 0.257. The Kier molecular flexibility index (Phi) is 5.28. The molecule has 1 fully saturated rings. The second kappa shape index (κ2) is 6.98. The number of piperidine rings is 1. The summed E-state index contributed by atoms with van der Waals surface area (Å²) < 4.78 is 0. The molecule has 0 spiro atoms. The summed E-state index contributed by atoms with van der Waals surface area (Å²) in [5.74, 6) is 0.667. The molecular formula is C16H21NO3S. The highest BCUT2D eigenvalue weighted by Crippen LogP contribution is 2.24. The van der Waals surface area contributed by atoms with E-state index in [1.807, 2.05) is 11.0 Å². The fourth-order valence-corrected chi connectivity index (χ4v) is 3.68. The molecule has 1 heterocycles. The number of carboxylic acid groups (broad SMARTS) is 1. The van der Waals surface area contributed by atoms with Crippen molar-refractivity contribution in [1.82, 2.24) is 4.90 Å². The molecule has 1 saturated heterocycles. The predicted molar refractivity (Wildman–Crippen MR) is 83.7 cm³/mol. The summed E-state index contributed by atoms with van der Waals surface area (Å²) in [4.78, 5) is 26.0. The molecular weight excluding hydrogens is 286 g/mol. The second-order valence-corrected chi connectivity index (χ2v) is 6.92. The molecule has 114 valence electrons. The van der Waals surface area contributed by atoms with Gasteiger partial charge in [-0.05, 0) is 36.5 Å². The van der Waals surface area contributed by atoms with Crippen molar-refractivity contribution in [3.63, 3.8) is 0 Å². The van der Waals surface area contributed by atoms with Crippen LogP contribution in [0.25, 0.3) is 0 Å². The van der Waals surface area contributed by atoms with Gasteiger partial charge in [-0.25, -0.2) is 4.79 Å². The number of aromatic carboxylic acids is 1. The quantitative estimate of drug-likeness (QED) is 0.869. The Labute approximate surface area is 129 Å². The first-order valence-corrected chi connectivity index (χ1v) is 8.18. The van der Waals surface area contributed by atoms with Crippen LogP contribution < -0.4 is 0 Å². The first-order chi connectivity index (χ1) is 9.95. The predicted octanol–water partition coefficient (Wildman–Crippen LogP) is 2.98. The van der Waals surface area contributed by atoms with Crippen LogP contribution in [-0.4, -0.2) is 40.7 Å². The first-order valence-electron chi connectivity index (χ1n) is 7.19. The Morgan fingerprint density at radius 2 is 1.95 bits per heavy atom. The minimum absolute atomic E-state index is 0.138. The van der Waals surface area contributed by atoms with Crippen LogP contribution in [0.1, 0.15) is 30.6 Å². The summed E-state index contributed by atoms with van der Waals surface area (Å²) in [6.45, 7) is 6.02. The summed E-state index contributed by atoms with van der Waals surface area (Å²) in [5, 5.41) is 8.96. The first kappa shape index (κ1) is 15.9. The Balaban J connectivity index is 1.92. The van der Waals surface area contributed by atoms with Crippen LogP contribution in [0, 0.1) is 11.8 Å². The molecule has 2 rings (SSSR count). The van der Waals surface area contributed by atoms with E-state index in [9.17, 15) is 9.59 Å². The summed E-state index contributed by atoms with van der Waals surface area (Å²) in [7, 11) is 0. The third-order valence-corrected chi connectivity index (χ3v) is 4.64. The fourth-order valence-electron chi connectivity index (χ4n) is 2.82. The highest BCUT2D eigenvalue weighted by molar-refractivity contribution is 8.00. The normalized spacial score (nSPS) is 22.1. The zero-order valence-electron chi connectivity index (χ0n) is 12.4. The van der Waals surface area contributed by atoms with Crippen molar-refractivity contribution in [3.8, 4) is 0 Å². The van der Waals surface area contributed by atoms with Crippen molar-refractivity contribution in [2.75, 3.05) is 18.8 Å². The largest absolute Gasteiger partial charge is 0.478 e. The number of benzene rings is 1. The number of likely N-dealkylation sites (tertiary alicyclic amines) is 1. The van der Waals surface area contributed by atoms with Gasteiger partial charge in [0.05, 0.1) is 11.3 Å². The second-order valence-electron chi connectivity index (χ2n) is 5.87. The van der Waals surface area contributed by atoms with Crippen molar-refractivity contribution < 1.29 is 14.7 Å². The molecule has 1 N–H and O–H groups in total. The standard InChI is InChI=1S/C16H21NO3S/c1-11-6-12(2)9-17(8-11)15(18)10-21-14-5-3-4-13(7-14)16(19)20/h3-5,7,11-12H,6,8-10H2,1-2H3,(H,19,20). The maximum Gasteiger partial charge on any atom is 0.335 e. The lowest BCUT2D eigenvalue weighted by Crippen LogP contribution is -2.43. The number of carboxylic acids is 1. The number of rotatable bonds is 4. The van der Waals surface area contributed by atoms with Crippen LogP contribution in [0.15, 0.2) is 29.2 Å². The Bertz CT molecular complexity index is 522. The third-order valence-electron chi connectivity index (χ3n) is 3.66. The molecule has 0 saturated carbocycles. The van der Waals surface area contributed by atoms with E-state index in [1.54, 1.807) is 18.2 Å². The number of hydrogen-bond donors (Lipinski definition) is 1. The average molecular weight is 307 g/mol. The van der Waals surface area contributed by atoms with Crippen LogP contribution in [0.2, 0.25) is 0 Å². The van der Waals surface area contributed by atoms with E-state index in [-0.39, 0.29) is 11.5 Å². The van der Waals surface area contributed by atoms with Gasteiger partial charge in [0, 0.05) is 18.0 Å². The van der Waals surface area contributed by atoms with E-state index in [0.717, 1.165) is 18.0 Å². The Morgan fingerprint density at radius 1 is 1.29 bits per heavy atom. The highest BCUT2D eigenvalue weighted by atomic mass is 32.2. The number of carbonyl (C=O) groups excluding carboxylic acids is 1. The summed E-state index contributed by atoms with van der Waals surface area (Å²) in [6.07, 6.45) is 1.18. The van der Waals surface area contributed by atoms with Gasteiger partial charge in [0.25, 0.3) is 0 Å². The molecule has 1 aromatic carbocycles. The van der Waals surface area contributed by atoms with Crippen molar-refractivity contribution in [1.29, 1.82) is 0 Å². The van der Waals surface area contributed by atoms with Crippen molar-refractivity contribution >= 4 is 23.6 Å². The van der Waals surface area contributed by atoms with Crippen LogP contribution in [0.3, 0.4) is 0 Å². The molecule has 21 heavy (non-hydrogen) atoms. The van der Waals surface area contributed by atoms with Crippen molar-refractivity contribution in [2.24, 2.45) is 11.8 Å². The Hall–Kier alpha value is -1.49. The highest BCUT2D eigenvalue weighted by Gasteiger charge is 2.25. The molecule has 1 aliphatic heterocycles. The monoisotopic (exact) mass is 307 g/mol. The summed E-state index contributed by atoms with van der Waals surface area (Å²) in [6, 6.07) is 6.72. The van der Waals surface area contributed by atoms with E-state index in [2.05, 4.69) is 13.8 Å². The molecule has 2 atom stereocenters. The van der Waals surface area contributed by atoms with Crippen LogP contribution >= 0.6 is 11.8 Å². The molecule has 1 aromatic rings. The molecule has 0 bridgehead atoms. The third kappa shape index (κ3) is 4.49. The van der Waals surface area contributed by atoms with Gasteiger partial charge in [0.2, 0.25) is 5.91 Å². The smallest absolute Gasteiger partial charge is 0.335 e. The van der Waals surface area contributed by atoms with Crippen LogP contribution in [-0.2, 0) is 4.79 Å². The molecule has 0 aromatic heterocycles. The van der Waals surface area contributed by atoms with E-state index in [0.29, 0.717) is 17.6 Å². The van der Waals surface area contributed by atoms with Crippen molar-refractivity contribution in [3.05, 3.63) is 29.8 Å². The maximum atomic E-state index is 12.3. The molecule has 0 radical (unpaired) electrons. The lowest BCUT2D eigenvalue weighted by atomic mass is 9.92. The van der Waals surface area contributed by atoms with Gasteiger partial charge in [0.1, 0.15) is 0 Å².